The maximum atomic E-state index is 9.02. The number of nitrogens with zero attached hydrogens (tertiary/aromatic N) is 1. The zero-order valence-electron chi connectivity index (χ0n) is 8.65. The van der Waals surface area contributed by atoms with Gasteiger partial charge in [0, 0.05) is 29.9 Å². The van der Waals surface area contributed by atoms with Gasteiger partial charge in [-0.1, -0.05) is 24.6 Å². The molecular weight excluding hydrogens is 210 g/mol. The molecule has 1 heterocycles. The van der Waals surface area contributed by atoms with Gasteiger partial charge in [0.05, 0.1) is 0 Å². The van der Waals surface area contributed by atoms with Crippen LogP contribution in [0.5, 0.6) is 0 Å². The summed E-state index contributed by atoms with van der Waals surface area (Å²) in [5.41, 5.74) is 1.13. The number of aliphatic hydroxyl groups excluding tert-OH is 1. The van der Waals surface area contributed by atoms with Gasteiger partial charge in [-0.25, -0.2) is 0 Å². The normalized spacial score (nSPS) is 13.3. The first-order valence-corrected chi connectivity index (χ1v) is 5.44. The molecule has 2 aromatic rings. The van der Waals surface area contributed by atoms with Crippen molar-refractivity contribution in [1.82, 2.24) is 4.57 Å². The molecule has 80 valence electrons. The van der Waals surface area contributed by atoms with Crippen LogP contribution < -0.4 is 0 Å². The van der Waals surface area contributed by atoms with Crippen LogP contribution in [0.25, 0.3) is 10.9 Å². The van der Waals surface area contributed by atoms with Crippen molar-refractivity contribution in [3.63, 3.8) is 0 Å². The summed E-state index contributed by atoms with van der Waals surface area (Å²) in [6.45, 7) is 3.05. The fourth-order valence-electron chi connectivity index (χ4n) is 1.71. The van der Waals surface area contributed by atoms with Gasteiger partial charge in [0.15, 0.2) is 0 Å². The maximum absolute atomic E-state index is 9.02. The van der Waals surface area contributed by atoms with Gasteiger partial charge < -0.3 is 9.67 Å². The van der Waals surface area contributed by atoms with E-state index in [1.165, 1.54) is 5.39 Å². The number of benzene rings is 1. The first-order chi connectivity index (χ1) is 7.20. The van der Waals surface area contributed by atoms with Gasteiger partial charge in [-0.15, -0.1) is 0 Å². The molecule has 1 N–H and O–H groups in total. The van der Waals surface area contributed by atoms with E-state index in [4.69, 9.17) is 16.7 Å². The zero-order chi connectivity index (χ0) is 10.8. The van der Waals surface area contributed by atoms with Gasteiger partial charge in [-0.2, -0.15) is 0 Å². The van der Waals surface area contributed by atoms with Crippen LogP contribution in [0.15, 0.2) is 30.5 Å². The molecule has 0 saturated heterocycles. The van der Waals surface area contributed by atoms with E-state index in [0.29, 0.717) is 0 Å². The molecule has 0 saturated carbocycles. The second-order valence-electron chi connectivity index (χ2n) is 3.96. The summed E-state index contributed by atoms with van der Waals surface area (Å²) in [5, 5.41) is 11.0. The first kappa shape index (κ1) is 10.5. The average molecular weight is 224 g/mol. The predicted molar refractivity (Wildman–Crippen MR) is 63.2 cm³/mol. The number of aromatic nitrogens is 1. The largest absolute Gasteiger partial charge is 0.396 e. The Morgan fingerprint density at radius 3 is 2.93 bits per heavy atom. The minimum Gasteiger partial charge on any atom is -0.396 e. The van der Waals surface area contributed by atoms with Crippen molar-refractivity contribution < 1.29 is 5.11 Å². The van der Waals surface area contributed by atoms with Crippen LogP contribution in [0.4, 0.5) is 0 Å². The Balaban J connectivity index is 2.39. The third-order valence-corrected chi connectivity index (χ3v) is 2.79. The lowest BCUT2D eigenvalue weighted by Gasteiger charge is -2.10. The number of hydrogen-bond acceptors (Lipinski definition) is 1. The van der Waals surface area contributed by atoms with E-state index >= 15 is 0 Å². The third-order valence-electron chi connectivity index (χ3n) is 2.56. The number of fused-ring (bicyclic) bond motifs is 1. The van der Waals surface area contributed by atoms with Crippen molar-refractivity contribution in [3.8, 4) is 0 Å². The molecule has 0 amide bonds. The van der Waals surface area contributed by atoms with E-state index in [2.05, 4.69) is 10.6 Å². The summed E-state index contributed by atoms with van der Waals surface area (Å²) >= 11 is 5.96. The molecule has 0 fully saturated rings. The summed E-state index contributed by atoms with van der Waals surface area (Å²) in [6, 6.07) is 7.93. The number of halogens is 1. The highest BCUT2D eigenvalue weighted by atomic mass is 35.5. The first-order valence-electron chi connectivity index (χ1n) is 5.06. The van der Waals surface area contributed by atoms with Gasteiger partial charge in [-0.3, -0.25) is 0 Å². The SMILES string of the molecule is CC(CO)Cn1ccc2ccc(Cl)cc21. The van der Waals surface area contributed by atoms with Crippen LogP contribution in [-0.2, 0) is 6.54 Å². The Morgan fingerprint density at radius 1 is 1.40 bits per heavy atom. The van der Waals surface area contributed by atoms with Crippen molar-refractivity contribution in [2.45, 2.75) is 13.5 Å². The summed E-state index contributed by atoms with van der Waals surface area (Å²) in [6.07, 6.45) is 2.03. The molecule has 0 aliphatic carbocycles. The van der Waals surface area contributed by atoms with Crippen molar-refractivity contribution in [3.05, 3.63) is 35.5 Å². The molecule has 2 rings (SSSR count). The zero-order valence-corrected chi connectivity index (χ0v) is 9.41. The second kappa shape index (κ2) is 4.25. The lowest BCUT2D eigenvalue weighted by atomic mass is 10.2. The maximum Gasteiger partial charge on any atom is 0.0495 e. The fraction of sp³-hybridized carbons (Fsp3) is 0.333. The van der Waals surface area contributed by atoms with Crippen molar-refractivity contribution >= 4 is 22.5 Å². The quantitative estimate of drug-likeness (QED) is 0.851. The van der Waals surface area contributed by atoms with Crippen LogP contribution >= 0.6 is 11.6 Å². The van der Waals surface area contributed by atoms with Crippen LogP contribution in [0.2, 0.25) is 5.02 Å². The molecule has 0 spiro atoms. The smallest absolute Gasteiger partial charge is 0.0495 e. The topological polar surface area (TPSA) is 25.2 Å². The molecular formula is C12H14ClNO. The molecule has 3 heteroatoms. The summed E-state index contributed by atoms with van der Waals surface area (Å²) < 4.78 is 2.13. The van der Waals surface area contributed by atoms with Gasteiger partial charge in [-0.05, 0) is 29.5 Å². The molecule has 0 radical (unpaired) electrons. The number of aliphatic hydroxyl groups is 1. The minimum atomic E-state index is 0.209. The third kappa shape index (κ3) is 2.16. The van der Waals surface area contributed by atoms with E-state index in [0.717, 1.165) is 17.1 Å². The van der Waals surface area contributed by atoms with Crippen LogP contribution in [0, 0.1) is 5.92 Å². The Hall–Kier alpha value is -0.990. The van der Waals surface area contributed by atoms with Gasteiger partial charge in [0.2, 0.25) is 0 Å². The standard InChI is InChI=1S/C12H14ClNO/c1-9(8-15)7-14-5-4-10-2-3-11(13)6-12(10)14/h2-6,9,15H,7-8H2,1H3. The molecule has 1 unspecified atom stereocenters. The van der Waals surface area contributed by atoms with E-state index < -0.39 is 0 Å². The monoisotopic (exact) mass is 223 g/mol. The van der Waals surface area contributed by atoms with Crippen LogP contribution in [0.1, 0.15) is 6.92 Å². The molecule has 0 bridgehead atoms. The molecule has 0 aliphatic rings. The molecule has 2 nitrogen and oxygen atoms in total. The van der Waals surface area contributed by atoms with E-state index in [1.807, 2.05) is 31.3 Å². The van der Waals surface area contributed by atoms with E-state index in [-0.39, 0.29) is 12.5 Å². The minimum absolute atomic E-state index is 0.209. The average Bonchev–Trinajstić information content (AvgIpc) is 2.61. The number of rotatable bonds is 3. The molecule has 1 aromatic heterocycles. The highest BCUT2D eigenvalue weighted by molar-refractivity contribution is 6.31. The molecule has 1 aromatic carbocycles. The summed E-state index contributed by atoms with van der Waals surface area (Å²) in [5.74, 6) is 0.264. The van der Waals surface area contributed by atoms with Gasteiger partial charge in [0.1, 0.15) is 0 Å². The second-order valence-corrected chi connectivity index (χ2v) is 4.40. The summed E-state index contributed by atoms with van der Waals surface area (Å²) in [4.78, 5) is 0. The van der Waals surface area contributed by atoms with Crippen LogP contribution in [-0.4, -0.2) is 16.3 Å². The van der Waals surface area contributed by atoms with Crippen molar-refractivity contribution in [1.29, 1.82) is 0 Å². The van der Waals surface area contributed by atoms with E-state index in [9.17, 15) is 0 Å². The Morgan fingerprint density at radius 2 is 2.20 bits per heavy atom. The van der Waals surface area contributed by atoms with E-state index in [1.54, 1.807) is 0 Å². The Kier molecular flexibility index (Phi) is 2.98. The number of hydrogen-bond donors (Lipinski definition) is 1. The molecule has 15 heavy (non-hydrogen) atoms. The Bertz CT molecular complexity index is 464. The summed E-state index contributed by atoms with van der Waals surface area (Å²) in [7, 11) is 0. The lowest BCUT2D eigenvalue weighted by Crippen LogP contribution is -2.09. The highest BCUT2D eigenvalue weighted by Crippen LogP contribution is 2.21. The van der Waals surface area contributed by atoms with Crippen LogP contribution in [0.3, 0.4) is 0 Å². The highest BCUT2D eigenvalue weighted by Gasteiger charge is 2.05. The van der Waals surface area contributed by atoms with Crippen molar-refractivity contribution in [2.24, 2.45) is 5.92 Å². The Labute approximate surface area is 94.1 Å². The van der Waals surface area contributed by atoms with Gasteiger partial charge in [0.25, 0.3) is 0 Å². The molecule has 0 aliphatic heterocycles. The predicted octanol–water partition coefficient (Wildman–Crippen LogP) is 2.92. The lowest BCUT2D eigenvalue weighted by molar-refractivity contribution is 0.224. The van der Waals surface area contributed by atoms with Gasteiger partial charge >= 0.3 is 0 Å². The van der Waals surface area contributed by atoms with Crippen molar-refractivity contribution in [2.75, 3.05) is 6.61 Å². The fourth-order valence-corrected chi connectivity index (χ4v) is 1.88. The molecule has 1 atom stereocenters.